The Morgan fingerprint density at radius 3 is 2.34 bits per heavy atom. The van der Waals surface area contributed by atoms with Gasteiger partial charge in [-0.15, -0.1) is 0 Å². The second-order valence-corrected chi connectivity index (χ2v) is 8.64. The van der Waals surface area contributed by atoms with E-state index in [2.05, 4.69) is 20.8 Å². The summed E-state index contributed by atoms with van der Waals surface area (Å²) >= 11 is 3.38. The van der Waals surface area contributed by atoms with Crippen molar-refractivity contribution < 1.29 is 24.2 Å². The van der Waals surface area contributed by atoms with Gasteiger partial charge >= 0.3 is 0 Å². The molecule has 2 saturated heterocycles. The van der Waals surface area contributed by atoms with Crippen LogP contribution in [0.2, 0.25) is 0 Å². The van der Waals surface area contributed by atoms with Crippen LogP contribution in [0.25, 0.3) is 5.76 Å². The van der Waals surface area contributed by atoms with E-state index in [-0.39, 0.29) is 11.3 Å². The van der Waals surface area contributed by atoms with Crippen molar-refractivity contribution in [2.45, 2.75) is 6.04 Å². The highest BCUT2D eigenvalue weighted by Crippen LogP contribution is 2.39. The fourth-order valence-electron chi connectivity index (χ4n) is 4.08. The lowest BCUT2D eigenvalue weighted by Crippen LogP contribution is -2.42. The molecule has 0 spiro atoms. The second-order valence-electron chi connectivity index (χ2n) is 7.73. The third kappa shape index (κ3) is 4.57. The maximum Gasteiger partial charge on any atom is 0.295 e. The first-order valence-corrected chi connectivity index (χ1v) is 11.3. The summed E-state index contributed by atoms with van der Waals surface area (Å²) in [6.45, 7) is 3.89. The number of aliphatic hydroxyl groups is 1. The number of halogens is 1. The van der Waals surface area contributed by atoms with E-state index in [1.165, 1.54) is 0 Å². The first-order chi connectivity index (χ1) is 15.5. The van der Waals surface area contributed by atoms with E-state index in [9.17, 15) is 14.7 Å². The van der Waals surface area contributed by atoms with Crippen LogP contribution in [0.5, 0.6) is 5.75 Å². The predicted octanol–water partition coefficient (Wildman–Crippen LogP) is 3.21. The highest BCUT2D eigenvalue weighted by molar-refractivity contribution is 9.10. The summed E-state index contributed by atoms with van der Waals surface area (Å²) < 4.78 is 11.5. The maximum absolute atomic E-state index is 13.1. The Labute approximate surface area is 195 Å². The largest absolute Gasteiger partial charge is 0.507 e. The molecule has 4 rings (SSSR count). The Morgan fingerprint density at radius 1 is 1.06 bits per heavy atom. The van der Waals surface area contributed by atoms with Crippen molar-refractivity contribution in [3.05, 3.63) is 69.7 Å². The van der Waals surface area contributed by atoms with Gasteiger partial charge in [0.2, 0.25) is 0 Å². The molecule has 2 aliphatic heterocycles. The van der Waals surface area contributed by atoms with Crippen LogP contribution in [0.15, 0.2) is 58.6 Å². The molecular weight excluding hydrogens is 476 g/mol. The predicted molar refractivity (Wildman–Crippen MR) is 123 cm³/mol. The number of likely N-dealkylation sites (tertiary alicyclic amines) is 1. The summed E-state index contributed by atoms with van der Waals surface area (Å²) in [5.74, 6) is -0.775. The van der Waals surface area contributed by atoms with Gasteiger partial charge in [-0.1, -0.05) is 40.2 Å². The van der Waals surface area contributed by atoms with Gasteiger partial charge < -0.3 is 19.5 Å². The molecule has 2 aromatic rings. The van der Waals surface area contributed by atoms with Crippen LogP contribution in [0, 0.1) is 0 Å². The number of hydrogen-bond acceptors (Lipinski definition) is 6. The molecule has 168 valence electrons. The number of ether oxygens (including phenoxy) is 2. The van der Waals surface area contributed by atoms with Gasteiger partial charge in [0, 0.05) is 36.2 Å². The number of aliphatic hydroxyl groups excluding tert-OH is 1. The molecule has 0 radical (unpaired) electrons. The standard InChI is InChI=1S/C24H25BrN2O5/c1-31-19-8-4-16(5-9-19)21-20(22(28)17-2-6-18(25)7-3-17)23(29)24(30)27(21)11-10-26-12-14-32-15-13-26/h2-9,21,28H,10-15H2,1H3/t21-/m1/s1. The number of methoxy groups -OCH3 is 1. The monoisotopic (exact) mass is 500 g/mol. The lowest BCUT2D eigenvalue weighted by Gasteiger charge is -2.31. The summed E-state index contributed by atoms with van der Waals surface area (Å²) in [6.07, 6.45) is 0. The molecule has 2 aliphatic rings. The molecule has 1 N–H and O–H groups in total. The van der Waals surface area contributed by atoms with Crippen LogP contribution in [0.3, 0.4) is 0 Å². The minimum atomic E-state index is -0.675. The second kappa shape index (κ2) is 9.85. The summed E-state index contributed by atoms with van der Waals surface area (Å²) in [5, 5.41) is 11.1. The SMILES string of the molecule is COc1ccc([C@@H]2C(=C(O)c3ccc(Br)cc3)C(=O)C(=O)N2CCN2CCOCC2)cc1. The highest BCUT2D eigenvalue weighted by Gasteiger charge is 2.46. The van der Waals surface area contributed by atoms with E-state index in [0.29, 0.717) is 37.6 Å². The number of ketones is 1. The van der Waals surface area contributed by atoms with Crippen LogP contribution in [0.1, 0.15) is 17.2 Å². The van der Waals surface area contributed by atoms with Gasteiger partial charge in [0.05, 0.1) is 31.9 Å². The minimum absolute atomic E-state index is 0.101. The Kier molecular flexibility index (Phi) is 6.93. The molecule has 0 saturated carbocycles. The third-order valence-corrected chi connectivity index (χ3v) is 6.38. The van der Waals surface area contributed by atoms with Crippen LogP contribution in [-0.2, 0) is 14.3 Å². The third-order valence-electron chi connectivity index (χ3n) is 5.85. The average molecular weight is 501 g/mol. The number of rotatable bonds is 6. The van der Waals surface area contributed by atoms with Crippen LogP contribution in [-0.4, -0.2) is 73.1 Å². The number of carbonyl (C=O) groups excluding carboxylic acids is 2. The number of carbonyl (C=O) groups is 2. The number of amides is 1. The number of Topliss-reactive ketones (excluding diaryl/α,β-unsaturated/α-hetero) is 1. The molecule has 8 heteroatoms. The Morgan fingerprint density at radius 2 is 1.72 bits per heavy atom. The summed E-state index contributed by atoms with van der Waals surface area (Å²) in [7, 11) is 1.58. The molecule has 2 aromatic carbocycles. The molecule has 7 nitrogen and oxygen atoms in total. The zero-order valence-electron chi connectivity index (χ0n) is 17.8. The highest BCUT2D eigenvalue weighted by atomic mass is 79.9. The summed E-state index contributed by atoms with van der Waals surface area (Å²) in [4.78, 5) is 29.9. The van der Waals surface area contributed by atoms with E-state index in [1.807, 2.05) is 12.1 Å². The summed E-state index contributed by atoms with van der Waals surface area (Å²) in [5.41, 5.74) is 1.33. The molecule has 0 unspecified atom stereocenters. The molecule has 0 aromatic heterocycles. The number of hydrogen-bond donors (Lipinski definition) is 1. The van der Waals surface area contributed by atoms with E-state index in [0.717, 1.165) is 23.1 Å². The van der Waals surface area contributed by atoms with E-state index in [1.54, 1.807) is 48.4 Å². The fourth-order valence-corrected chi connectivity index (χ4v) is 4.34. The lowest BCUT2D eigenvalue weighted by atomic mass is 9.95. The quantitative estimate of drug-likeness (QED) is 0.372. The number of morpholine rings is 1. The van der Waals surface area contributed by atoms with Gasteiger partial charge in [-0.05, 0) is 29.8 Å². The Balaban J connectivity index is 1.72. The van der Waals surface area contributed by atoms with Crippen LogP contribution >= 0.6 is 15.9 Å². The van der Waals surface area contributed by atoms with Crippen molar-refractivity contribution >= 4 is 33.4 Å². The van der Waals surface area contributed by atoms with Crippen molar-refractivity contribution in [1.29, 1.82) is 0 Å². The van der Waals surface area contributed by atoms with Crippen LogP contribution in [0.4, 0.5) is 0 Å². The van der Waals surface area contributed by atoms with Crippen molar-refractivity contribution in [3.63, 3.8) is 0 Å². The van der Waals surface area contributed by atoms with Gasteiger partial charge in [0.15, 0.2) is 0 Å². The van der Waals surface area contributed by atoms with Crippen molar-refractivity contribution in [3.8, 4) is 5.75 Å². The first kappa shape index (κ1) is 22.5. The smallest absolute Gasteiger partial charge is 0.295 e. The van der Waals surface area contributed by atoms with Crippen molar-refractivity contribution in [2.24, 2.45) is 0 Å². The molecule has 1 amide bonds. The zero-order valence-corrected chi connectivity index (χ0v) is 19.4. The molecule has 1 atom stereocenters. The minimum Gasteiger partial charge on any atom is -0.507 e. The molecular formula is C24H25BrN2O5. The Bertz CT molecular complexity index is 1010. The van der Waals surface area contributed by atoms with Crippen molar-refractivity contribution in [2.75, 3.05) is 46.5 Å². The van der Waals surface area contributed by atoms with Gasteiger partial charge in [-0.2, -0.15) is 0 Å². The van der Waals surface area contributed by atoms with E-state index >= 15 is 0 Å². The van der Waals surface area contributed by atoms with E-state index in [4.69, 9.17) is 9.47 Å². The maximum atomic E-state index is 13.1. The van der Waals surface area contributed by atoms with Crippen LogP contribution < -0.4 is 4.74 Å². The normalized spacial score (nSPS) is 21.2. The molecule has 2 fully saturated rings. The topological polar surface area (TPSA) is 79.3 Å². The number of benzene rings is 2. The fraction of sp³-hybridized carbons (Fsp3) is 0.333. The van der Waals surface area contributed by atoms with Gasteiger partial charge in [0.25, 0.3) is 11.7 Å². The molecule has 2 heterocycles. The molecule has 0 aliphatic carbocycles. The van der Waals surface area contributed by atoms with E-state index < -0.39 is 17.7 Å². The Hall–Kier alpha value is -2.68. The van der Waals surface area contributed by atoms with Crippen molar-refractivity contribution in [1.82, 2.24) is 9.80 Å². The first-order valence-electron chi connectivity index (χ1n) is 10.5. The van der Waals surface area contributed by atoms with Gasteiger partial charge in [-0.25, -0.2) is 0 Å². The zero-order chi connectivity index (χ0) is 22.7. The number of nitrogens with zero attached hydrogens (tertiary/aromatic N) is 2. The van der Waals surface area contributed by atoms with Gasteiger partial charge in [0.1, 0.15) is 11.5 Å². The van der Waals surface area contributed by atoms with Gasteiger partial charge in [-0.3, -0.25) is 14.5 Å². The molecule has 32 heavy (non-hydrogen) atoms. The lowest BCUT2D eigenvalue weighted by molar-refractivity contribution is -0.140. The summed E-state index contributed by atoms with van der Waals surface area (Å²) in [6, 6.07) is 13.5. The average Bonchev–Trinajstić information content (AvgIpc) is 3.08. The molecule has 0 bridgehead atoms.